The molecule has 1 atom stereocenters. The molecule has 64 valence electrons. The van der Waals surface area contributed by atoms with E-state index in [1.807, 2.05) is 6.92 Å². The largest absolute Gasteiger partial charge is 0.514 e. The zero-order chi connectivity index (χ0) is 8.85. The van der Waals surface area contributed by atoms with Crippen molar-refractivity contribution in [3.8, 4) is 0 Å². The minimum absolute atomic E-state index is 0.528. The van der Waals surface area contributed by atoms with Gasteiger partial charge in [-0.25, -0.2) is 0 Å². The Bertz CT molecular complexity index is 165. The highest BCUT2D eigenvalue weighted by molar-refractivity contribution is 5.73. The third-order valence-electron chi connectivity index (χ3n) is 1.31. The Morgan fingerprint density at radius 2 is 2.27 bits per heavy atom. The fourth-order valence-electron chi connectivity index (χ4n) is 0.570. The van der Waals surface area contributed by atoms with Gasteiger partial charge in [-0.15, -0.1) is 0 Å². The minimum Gasteiger partial charge on any atom is -0.514 e. The van der Waals surface area contributed by atoms with E-state index in [-0.39, 0.29) is 0 Å². The highest BCUT2D eigenvalue weighted by atomic mass is 16.4. The fourth-order valence-corrected chi connectivity index (χ4v) is 0.570. The van der Waals surface area contributed by atoms with E-state index >= 15 is 0 Å². The summed E-state index contributed by atoms with van der Waals surface area (Å²) < 4.78 is 0. The quantitative estimate of drug-likeness (QED) is 0.532. The van der Waals surface area contributed by atoms with Gasteiger partial charge < -0.3 is 15.5 Å². The number of carboxylic acids is 1. The van der Waals surface area contributed by atoms with Crippen LogP contribution in [0.4, 0.5) is 0 Å². The number of aliphatic hydroxyl groups is 1. The van der Waals surface area contributed by atoms with E-state index in [0.717, 1.165) is 6.26 Å². The van der Waals surface area contributed by atoms with Gasteiger partial charge in [0.15, 0.2) is 0 Å². The molecule has 11 heavy (non-hydrogen) atoms. The molecule has 0 aliphatic rings. The zero-order valence-corrected chi connectivity index (χ0v) is 6.66. The molecule has 0 fully saturated rings. The molecule has 0 aromatic carbocycles. The smallest absolute Gasteiger partial charge is 0.325 e. The van der Waals surface area contributed by atoms with Crippen LogP contribution in [0, 0.1) is 0 Å². The van der Waals surface area contributed by atoms with Crippen molar-refractivity contribution in [1.29, 1.82) is 0 Å². The number of hydrogen-bond donors (Lipinski definition) is 3. The van der Waals surface area contributed by atoms with E-state index in [1.54, 1.807) is 0 Å². The fraction of sp³-hybridized carbons (Fsp3) is 0.571. The molecule has 0 aromatic heterocycles. The SMILES string of the molecule is CC/C(=C/O)NC(C)C(=O)O. The number of allylic oxidation sites excluding steroid dienone is 1. The van der Waals surface area contributed by atoms with Crippen molar-refractivity contribution in [2.24, 2.45) is 0 Å². The summed E-state index contributed by atoms with van der Waals surface area (Å²) in [6.07, 6.45) is 1.48. The maximum atomic E-state index is 10.3. The molecule has 0 bridgehead atoms. The lowest BCUT2D eigenvalue weighted by molar-refractivity contribution is -0.138. The van der Waals surface area contributed by atoms with E-state index in [2.05, 4.69) is 5.32 Å². The molecule has 0 aliphatic carbocycles. The van der Waals surface area contributed by atoms with Crippen molar-refractivity contribution in [3.63, 3.8) is 0 Å². The number of carboxylic acid groups (broad SMARTS) is 1. The molecule has 0 spiro atoms. The van der Waals surface area contributed by atoms with Crippen LogP contribution >= 0.6 is 0 Å². The van der Waals surface area contributed by atoms with Gasteiger partial charge in [0.25, 0.3) is 0 Å². The standard InChI is InChI=1S/C7H13NO3/c1-3-6(4-9)8-5(2)7(10)11/h4-5,8-9H,3H2,1-2H3,(H,10,11)/b6-4-. The monoisotopic (exact) mass is 159 g/mol. The van der Waals surface area contributed by atoms with Crippen LogP contribution in [0.3, 0.4) is 0 Å². The number of aliphatic hydroxyl groups excluding tert-OH is 1. The number of carbonyl (C=O) groups is 1. The van der Waals surface area contributed by atoms with Crippen molar-refractivity contribution >= 4 is 5.97 Å². The van der Waals surface area contributed by atoms with E-state index in [9.17, 15) is 4.79 Å². The van der Waals surface area contributed by atoms with Gasteiger partial charge in [0, 0.05) is 5.70 Å². The first kappa shape index (κ1) is 9.81. The lowest BCUT2D eigenvalue weighted by atomic mass is 10.3. The highest BCUT2D eigenvalue weighted by Crippen LogP contribution is 1.95. The number of nitrogens with one attached hydrogen (secondary N) is 1. The van der Waals surface area contributed by atoms with Gasteiger partial charge in [-0.3, -0.25) is 4.79 Å². The van der Waals surface area contributed by atoms with Crippen LogP contribution in [0.2, 0.25) is 0 Å². The van der Waals surface area contributed by atoms with E-state index in [4.69, 9.17) is 10.2 Å². The molecule has 4 heteroatoms. The molecular weight excluding hydrogens is 146 g/mol. The van der Waals surface area contributed by atoms with Crippen LogP contribution in [-0.4, -0.2) is 22.2 Å². The van der Waals surface area contributed by atoms with Gasteiger partial charge in [-0.2, -0.15) is 0 Å². The van der Waals surface area contributed by atoms with Crippen LogP contribution in [-0.2, 0) is 4.79 Å². The summed E-state index contributed by atoms with van der Waals surface area (Å²) in [7, 11) is 0. The highest BCUT2D eigenvalue weighted by Gasteiger charge is 2.09. The van der Waals surface area contributed by atoms with Crippen molar-refractivity contribution in [1.82, 2.24) is 5.32 Å². The third-order valence-corrected chi connectivity index (χ3v) is 1.31. The first-order valence-corrected chi connectivity index (χ1v) is 3.44. The van der Waals surface area contributed by atoms with Gasteiger partial charge in [-0.05, 0) is 13.3 Å². The summed E-state index contributed by atoms with van der Waals surface area (Å²) in [4.78, 5) is 10.3. The Balaban J connectivity index is 3.92. The Morgan fingerprint density at radius 1 is 1.73 bits per heavy atom. The van der Waals surface area contributed by atoms with Gasteiger partial charge in [0.1, 0.15) is 6.04 Å². The first-order valence-electron chi connectivity index (χ1n) is 3.44. The van der Waals surface area contributed by atoms with Gasteiger partial charge in [-0.1, -0.05) is 6.92 Å². The summed E-state index contributed by atoms with van der Waals surface area (Å²) in [5.41, 5.74) is 0.528. The van der Waals surface area contributed by atoms with E-state index in [0.29, 0.717) is 12.1 Å². The predicted octanol–water partition coefficient (Wildman–Crippen LogP) is 0.859. The summed E-state index contributed by atoms with van der Waals surface area (Å²) in [6.45, 7) is 3.34. The molecular formula is C7H13NO3. The van der Waals surface area contributed by atoms with Crippen LogP contribution in [0.5, 0.6) is 0 Å². The summed E-state index contributed by atoms with van der Waals surface area (Å²) in [6, 6.07) is -0.659. The molecule has 0 saturated heterocycles. The number of rotatable bonds is 4. The maximum absolute atomic E-state index is 10.3. The normalized spacial score (nSPS) is 14.2. The van der Waals surface area contributed by atoms with Crippen LogP contribution in [0.25, 0.3) is 0 Å². The molecule has 0 heterocycles. The lowest BCUT2D eigenvalue weighted by Crippen LogP contribution is -2.32. The summed E-state index contributed by atoms with van der Waals surface area (Å²) in [5, 5.41) is 19.6. The van der Waals surface area contributed by atoms with Crippen molar-refractivity contribution in [2.45, 2.75) is 26.3 Å². The predicted molar refractivity (Wildman–Crippen MR) is 41.2 cm³/mol. The number of hydrogen-bond acceptors (Lipinski definition) is 3. The van der Waals surface area contributed by atoms with Crippen LogP contribution in [0.15, 0.2) is 12.0 Å². The second-order valence-electron chi connectivity index (χ2n) is 2.21. The first-order chi connectivity index (χ1) is 5.11. The van der Waals surface area contributed by atoms with E-state index < -0.39 is 12.0 Å². The lowest BCUT2D eigenvalue weighted by Gasteiger charge is -2.11. The third kappa shape index (κ3) is 3.50. The molecule has 0 rings (SSSR count). The summed E-state index contributed by atoms with van der Waals surface area (Å²) in [5.74, 6) is -0.933. The molecule has 0 aliphatic heterocycles. The molecule has 4 nitrogen and oxygen atoms in total. The minimum atomic E-state index is -0.933. The van der Waals surface area contributed by atoms with Crippen molar-refractivity contribution in [3.05, 3.63) is 12.0 Å². The Morgan fingerprint density at radius 3 is 2.55 bits per heavy atom. The van der Waals surface area contributed by atoms with Crippen LogP contribution < -0.4 is 5.32 Å². The van der Waals surface area contributed by atoms with Gasteiger partial charge in [0.2, 0.25) is 0 Å². The Kier molecular flexibility index (Phi) is 4.10. The zero-order valence-electron chi connectivity index (χ0n) is 6.66. The summed E-state index contributed by atoms with van der Waals surface area (Å²) >= 11 is 0. The Labute approximate surface area is 65.5 Å². The second-order valence-corrected chi connectivity index (χ2v) is 2.21. The maximum Gasteiger partial charge on any atom is 0.325 e. The molecule has 0 amide bonds. The van der Waals surface area contributed by atoms with Crippen molar-refractivity contribution in [2.75, 3.05) is 0 Å². The molecule has 3 N–H and O–H groups in total. The van der Waals surface area contributed by atoms with Crippen LogP contribution in [0.1, 0.15) is 20.3 Å². The number of aliphatic carboxylic acids is 1. The second kappa shape index (κ2) is 4.60. The van der Waals surface area contributed by atoms with Crippen molar-refractivity contribution < 1.29 is 15.0 Å². The molecule has 1 unspecified atom stereocenters. The molecule has 0 saturated carbocycles. The van der Waals surface area contributed by atoms with E-state index in [1.165, 1.54) is 6.92 Å². The average molecular weight is 159 g/mol. The topological polar surface area (TPSA) is 69.6 Å². The Hall–Kier alpha value is -1.19. The van der Waals surface area contributed by atoms with Gasteiger partial charge in [0.05, 0.1) is 6.26 Å². The van der Waals surface area contributed by atoms with Gasteiger partial charge >= 0.3 is 5.97 Å². The molecule has 0 aromatic rings. The average Bonchev–Trinajstić information content (AvgIpc) is 1.99. The molecule has 0 radical (unpaired) electrons.